The Labute approximate surface area is 150 Å². The van der Waals surface area contributed by atoms with Crippen LogP contribution in [0.15, 0.2) is 47.7 Å². The van der Waals surface area contributed by atoms with Crippen LogP contribution in [0.25, 0.3) is 11.3 Å². The highest BCUT2D eigenvalue weighted by Gasteiger charge is 2.08. The summed E-state index contributed by atoms with van der Waals surface area (Å²) in [5, 5.41) is 8.48. The molecule has 25 heavy (non-hydrogen) atoms. The minimum atomic E-state index is 0.717. The van der Waals surface area contributed by atoms with Crippen LogP contribution in [-0.4, -0.2) is 29.2 Å². The molecule has 5 nitrogen and oxygen atoms in total. The van der Waals surface area contributed by atoms with Crippen molar-refractivity contribution in [3.05, 3.63) is 47.7 Å². The van der Waals surface area contributed by atoms with Crippen LogP contribution in [-0.2, 0) is 6.54 Å². The van der Waals surface area contributed by atoms with Crippen molar-refractivity contribution in [2.45, 2.75) is 40.2 Å². The summed E-state index contributed by atoms with van der Waals surface area (Å²) in [6.07, 6.45) is 8.55. The summed E-state index contributed by atoms with van der Waals surface area (Å²) in [5.41, 5.74) is 4.44. The molecule has 0 saturated carbocycles. The quantitative estimate of drug-likeness (QED) is 0.656. The first-order valence-corrected chi connectivity index (χ1v) is 8.44. The molecule has 0 unspecified atom stereocenters. The molecule has 1 heterocycles. The molecule has 0 amide bonds. The molecular formula is C20H27N3O2. The van der Waals surface area contributed by atoms with Crippen molar-refractivity contribution in [2.24, 2.45) is 0 Å². The Bertz CT molecular complexity index is 734. The Balaban J connectivity index is 2.06. The molecule has 2 aromatic rings. The second-order valence-electron chi connectivity index (χ2n) is 6.30. The smallest absolute Gasteiger partial charge is 0.123 e. The number of methoxy groups -OCH3 is 2. The van der Waals surface area contributed by atoms with E-state index < -0.39 is 0 Å². The van der Waals surface area contributed by atoms with Gasteiger partial charge in [-0.25, -0.2) is 4.68 Å². The number of aromatic nitrogens is 3. The molecule has 0 aliphatic carbocycles. The highest BCUT2D eigenvalue weighted by Crippen LogP contribution is 2.28. The zero-order chi connectivity index (χ0) is 18.2. The second-order valence-corrected chi connectivity index (χ2v) is 6.30. The molecule has 134 valence electrons. The van der Waals surface area contributed by atoms with Gasteiger partial charge in [0.2, 0.25) is 0 Å². The summed E-state index contributed by atoms with van der Waals surface area (Å²) in [6, 6.07) is 5.70. The standard InChI is InChI=1S/C20H27N3O2/c1-15(2)7-6-8-16(3)9-10-23-14-20(21-22-23)17-11-18(24-4)13-19(12-17)25-5/h7,9,11-14H,6,8,10H2,1-5H3/b16-9+. The second kappa shape index (κ2) is 9.06. The van der Waals surface area contributed by atoms with E-state index in [-0.39, 0.29) is 0 Å². The molecule has 0 fully saturated rings. The third-order valence-corrected chi connectivity index (χ3v) is 3.90. The normalized spacial score (nSPS) is 11.3. The Morgan fingerprint density at radius 1 is 1.04 bits per heavy atom. The van der Waals surface area contributed by atoms with E-state index >= 15 is 0 Å². The van der Waals surface area contributed by atoms with E-state index in [0.717, 1.165) is 42.1 Å². The Morgan fingerprint density at radius 3 is 2.32 bits per heavy atom. The van der Waals surface area contributed by atoms with Gasteiger partial charge in [0.15, 0.2) is 0 Å². The number of hydrogen-bond donors (Lipinski definition) is 0. The fourth-order valence-corrected chi connectivity index (χ4v) is 2.42. The van der Waals surface area contributed by atoms with E-state index in [2.05, 4.69) is 43.2 Å². The predicted octanol–water partition coefficient (Wildman–Crippen LogP) is 4.66. The van der Waals surface area contributed by atoms with Crippen molar-refractivity contribution >= 4 is 0 Å². The van der Waals surface area contributed by atoms with Gasteiger partial charge >= 0.3 is 0 Å². The number of ether oxygens (including phenoxy) is 2. The summed E-state index contributed by atoms with van der Waals surface area (Å²) in [6.45, 7) is 7.13. The zero-order valence-corrected chi connectivity index (χ0v) is 15.7. The van der Waals surface area contributed by atoms with Crippen LogP contribution in [0.2, 0.25) is 0 Å². The predicted molar refractivity (Wildman–Crippen MR) is 101 cm³/mol. The van der Waals surface area contributed by atoms with Gasteiger partial charge in [-0.1, -0.05) is 28.5 Å². The third kappa shape index (κ3) is 5.78. The average molecular weight is 341 g/mol. The summed E-state index contributed by atoms with van der Waals surface area (Å²) in [7, 11) is 3.27. The van der Waals surface area contributed by atoms with Crippen LogP contribution in [0.3, 0.4) is 0 Å². The third-order valence-electron chi connectivity index (χ3n) is 3.90. The van der Waals surface area contributed by atoms with Crippen molar-refractivity contribution in [1.29, 1.82) is 0 Å². The molecule has 0 radical (unpaired) electrons. The maximum atomic E-state index is 5.31. The highest BCUT2D eigenvalue weighted by atomic mass is 16.5. The number of allylic oxidation sites excluding steroid dienone is 4. The Morgan fingerprint density at radius 2 is 1.72 bits per heavy atom. The molecule has 0 spiro atoms. The Kier molecular flexibility index (Phi) is 6.81. The molecule has 0 saturated heterocycles. The first-order valence-electron chi connectivity index (χ1n) is 8.44. The maximum absolute atomic E-state index is 5.31. The molecular weight excluding hydrogens is 314 g/mol. The van der Waals surface area contributed by atoms with Gasteiger partial charge in [-0.05, 0) is 45.7 Å². The van der Waals surface area contributed by atoms with Crippen molar-refractivity contribution in [3.8, 4) is 22.8 Å². The van der Waals surface area contributed by atoms with E-state index in [1.807, 2.05) is 29.1 Å². The lowest BCUT2D eigenvalue weighted by atomic mass is 10.1. The van der Waals surface area contributed by atoms with E-state index in [9.17, 15) is 0 Å². The molecule has 5 heteroatoms. The minimum absolute atomic E-state index is 0.717. The Hall–Kier alpha value is -2.56. The lowest BCUT2D eigenvalue weighted by molar-refractivity contribution is 0.394. The first-order chi connectivity index (χ1) is 12.0. The highest BCUT2D eigenvalue weighted by molar-refractivity contribution is 5.62. The van der Waals surface area contributed by atoms with Crippen molar-refractivity contribution in [3.63, 3.8) is 0 Å². The number of hydrogen-bond acceptors (Lipinski definition) is 4. The van der Waals surface area contributed by atoms with Crippen molar-refractivity contribution in [2.75, 3.05) is 14.2 Å². The lowest BCUT2D eigenvalue weighted by Gasteiger charge is -2.06. The number of benzene rings is 1. The molecule has 0 aliphatic rings. The molecule has 0 N–H and O–H groups in total. The largest absolute Gasteiger partial charge is 0.497 e. The van der Waals surface area contributed by atoms with Crippen LogP contribution in [0.5, 0.6) is 11.5 Å². The lowest BCUT2D eigenvalue weighted by Crippen LogP contribution is -1.96. The summed E-state index contributed by atoms with van der Waals surface area (Å²) >= 11 is 0. The number of nitrogens with zero attached hydrogens (tertiary/aromatic N) is 3. The van der Waals surface area contributed by atoms with Crippen molar-refractivity contribution in [1.82, 2.24) is 15.0 Å². The van der Waals surface area contributed by atoms with E-state index in [1.54, 1.807) is 14.2 Å². The molecule has 1 aromatic heterocycles. The molecule has 0 atom stereocenters. The van der Waals surface area contributed by atoms with Gasteiger partial charge in [0.05, 0.1) is 27.0 Å². The zero-order valence-electron chi connectivity index (χ0n) is 15.7. The van der Waals surface area contributed by atoms with Crippen LogP contribution >= 0.6 is 0 Å². The topological polar surface area (TPSA) is 49.2 Å². The maximum Gasteiger partial charge on any atom is 0.123 e. The van der Waals surface area contributed by atoms with Crippen LogP contribution in [0.4, 0.5) is 0 Å². The van der Waals surface area contributed by atoms with Gasteiger partial charge in [0.25, 0.3) is 0 Å². The number of rotatable bonds is 8. The van der Waals surface area contributed by atoms with Crippen LogP contribution < -0.4 is 9.47 Å². The van der Waals surface area contributed by atoms with Gasteiger partial charge in [0, 0.05) is 11.6 Å². The van der Waals surface area contributed by atoms with E-state index in [4.69, 9.17) is 9.47 Å². The molecule has 1 aromatic carbocycles. The summed E-state index contributed by atoms with van der Waals surface area (Å²) in [4.78, 5) is 0. The van der Waals surface area contributed by atoms with Crippen LogP contribution in [0, 0.1) is 0 Å². The fourth-order valence-electron chi connectivity index (χ4n) is 2.42. The van der Waals surface area contributed by atoms with Gasteiger partial charge in [-0.15, -0.1) is 5.10 Å². The molecule has 0 aliphatic heterocycles. The van der Waals surface area contributed by atoms with Gasteiger partial charge in [-0.3, -0.25) is 0 Å². The molecule has 2 rings (SSSR count). The van der Waals surface area contributed by atoms with Crippen LogP contribution in [0.1, 0.15) is 33.6 Å². The van der Waals surface area contributed by atoms with Gasteiger partial charge in [-0.2, -0.15) is 0 Å². The van der Waals surface area contributed by atoms with E-state index in [0.29, 0.717) is 0 Å². The minimum Gasteiger partial charge on any atom is -0.497 e. The van der Waals surface area contributed by atoms with Gasteiger partial charge < -0.3 is 9.47 Å². The van der Waals surface area contributed by atoms with E-state index in [1.165, 1.54) is 11.1 Å². The fraction of sp³-hybridized carbons (Fsp3) is 0.400. The SMILES string of the molecule is COc1cc(OC)cc(-c2cn(C/C=C(\C)CCC=C(C)C)nn2)c1. The summed E-state index contributed by atoms with van der Waals surface area (Å²) < 4.78 is 12.5. The molecule has 0 bridgehead atoms. The average Bonchev–Trinajstić information content (AvgIpc) is 3.08. The first kappa shape index (κ1) is 18.8. The summed E-state index contributed by atoms with van der Waals surface area (Å²) in [5.74, 6) is 1.47. The van der Waals surface area contributed by atoms with Crippen molar-refractivity contribution < 1.29 is 9.47 Å². The monoisotopic (exact) mass is 341 g/mol. The van der Waals surface area contributed by atoms with Gasteiger partial charge in [0.1, 0.15) is 17.2 Å².